The summed E-state index contributed by atoms with van der Waals surface area (Å²) in [5.41, 5.74) is 0.654. The molecule has 0 aliphatic heterocycles. The lowest BCUT2D eigenvalue weighted by Crippen LogP contribution is -1.97. The Morgan fingerprint density at radius 2 is 1.80 bits per heavy atom. The summed E-state index contributed by atoms with van der Waals surface area (Å²) < 4.78 is 27.1. The first-order chi connectivity index (χ1) is 9.56. The molecule has 2 rings (SSSR count). The number of allylic oxidation sites excluding steroid dienone is 1. The molecule has 0 atom stereocenters. The molecule has 0 saturated heterocycles. The smallest absolute Gasteiger partial charge is 0.187 e. The number of carbonyl (C=O) groups is 1. The van der Waals surface area contributed by atoms with E-state index in [9.17, 15) is 13.6 Å². The van der Waals surface area contributed by atoms with Gasteiger partial charge in [0.05, 0.1) is 5.69 Å². The predicted octanol–water partition coefficient (Wildman–Crippen LogP) is 4.38. The Hall–Kier alpha value is -1.76. The van der Waals surface area contributed by atoms with Crippen LogP contribution >= 0.6 is 22.6 Å². The molecule has 2 aromatic rings. The average Bonchev–Trinajstić information content (AvgIpc) is 2.42. The van der Waals surface area contributed by atoms with Crippen LogP contribution in [0.15, 0.2) is 54.7 Å². The molecule has 1 N–H and O–H groups in total. The summed E-state index contributed by atoms with van der Waals surface area (Å²) >= 11 is 2.15. The minimum atomic E-state index is -0.712. The fourth-order valence-corrected chi connectivity index (χ4v) is 1.88. The topological polar surface area (TPSA) is 29.1 Å². The Bertz CT molecular complexity index is 653. The van der Waals surface area contributed by atoms with Crippen molar-refractivity contribution in [3.63, 3.8) is 0 Å². The van der Waals surface area contributed by atoms with Crippen molar-refractivity contribution in [2.75, 3.05) is 5.32 Å². The van der Waals surface area contributed by atoms with Crippen LogP contribution in [0, 0.1) is 15.2 Å². The third kappa shape index (κ3) is 3.86. The molecule has 2 aromatic carbocycles. The number of nitrogens with one attached hydrogen (secondary N) is 1. The molecular weight excluding hydrogens is 375 g/mol. The number of rotatable bonds is 4. The second-order valence-corrected chi connectivity index (χ2v) is 5.22. The molecule has 2 nitrogen and oxygen atoms in total. The molecule has 0 aromatic heterocycles. The molecule has 0 amide bonds. The summed E-state index contributed by atoms with van der Waals surface area (Å²) in [6.45, 7) is 0. The monoisotopic (exact) mass is 385 g/mol. The SMILES string of the molecule is O=C(C=CNc1ccc(F)cc1F)c1ccc(I)cc1. The lowest BCUT2D eigenvalue weighted by Gasteiger charge is -2.02. The zero-order valence-corrected chi connectivity index (χ0v) is 12.4. The van der Waals surface area contributed by atoms with Crippen molar-refractivity contribution in [3.8, 4) is 0 Å². The Labute approximate surface area is 128 Å². The van der Waals surface area contributed by atoms with Gasteiger partial charge in [-0.3, -0.25) is 4.79 Å². The number of hydrogen-bond donors (Lipinski definition) is 1. The zero-order valence-electron chi connectivity index (χ0n) is 10.2. The first kappa shape index (κ1) is 14.6. The van der Waals surface area contributed by atoms with Crippen LogP contribution in [0.4, 0.5) is 14.5 Å². The normalized spacial score (nSPS) is 10.8. The van der Waals surface area contributed by atoms with E-state index in [0.717, 1.165) is 15.7 Å². The van der Waals surface area contributed by atoms with Crippen molar-refractivity contribution >= 4 is 34.1 Å². The molecule has 0 bridgehead atoms. The minimum absolute atomic E-state index is 0.109. The van der Waals surface area contributed by atoms with E-state index in [1.54, 1.807) is 12.1 Å². The van der Waals surface area contributed by atoms with Crippen LogP contribution in [-0.2, 0) is 0 Å². The van der Waals surface area contributed by atoms with Gasteiger partial charge in [0, 0.05) is 27.5 Å². The fourth-order valence-electron chi connectivity index (χ4n) is 1.52. The highest BCUT2D eigenvalue weighted by atomic mass is 127. The van der Waals surface area contributed by atoms with Crippen LogP contribution in [-0.4, -0.2) is 5.78 Å². The number of benzene rings is 2. The minimum Gasteiger partial charge on any atom is -0.359 e. The molecule has 0 aliphatic carbocycles. The van der Waals surface area contributed by atoms with Crippen LogP contribution in [0.25, 0.3) is 0 Å². The molecule has 102 valence electrons. The number of carbonyl (C=O) groups excluding carboxylic acids is 1. The van der Waals surface area contributed by atoms with E-state index in [4.69, 9.17) is 0 Å². The van der Waals surface area contributed by atoms with Gasteiger partial charge in [-0.1, -0.05) is 12.1 Å². The second-order valence-electron chi connectivity index (χ2n) is 3.97. The number of hydrogen-bond acceptors (Lipinski definition) is 2. The van der Waals surface area contributed by atoms with Crippen LogP contribution in [0.5, 0.6) is 0 Å². The van der Waals surface area contributed by atoms with E-state index in [1.807, 2.05) is 12.1 Å². The summed E-state index contributed by atoms with van der Waals surface area (Å²) in [6, 6.07) is 10.3. The molecule has 0 unspecified atom stereocenters. The van der Waals surface area contributed by atoms with Crippen LogP contribution in [0.3, 0.4) is 0 Å². The van der Waals surface area contributed by atoms with Gasteiger partial charge in [-0.25, -0.2) is 8.78 Å². The molecule has 0 saturated carbocycles. The first-order valence-corrected chi connectivity index (χ1v) is 6.82. The standard InChI is InChI=1S/C15H10F2INO/c16-11-3-6-14(13(17)9-11)19-8-7-15(20)10-1-4-12(18)5-2-10/h1-9,19H. The van der Waals surface area contributed by atoms with Crippen molar-refractivity contribution in [3.05, 3.63) is 75.5 Å². The Balaban J connectivity index is 2.02. The lowest BCUT2D eigenvalue weighted by atomic mass is 10.1. The summed E-state index contributed by atoms with van der Waals surface area (Å²) in [5.74, 6) is -1.56. The Morgan fingerprint density at radius 1 is 1.10 bits per heavy atom. The van der Waals surface area contributed by atoms with E-state index in [2.05, 4.69) is 27.9 Å². The summed E-state index contributed by atoms with van der Waals surface area (Å²) in [5, 5.41) is 2.61. The highest BCUT2D eigenvalue weighted by Gasteiger charge is 2.03. The maximum absolute atomic E-state index is 13.3. The fraction of sp³-hybridized carbons (Fsp3) is 0. The van der Waals surface area contributed by atoms with E-state index < -0.39 is 11.6 Å². The molecule has 0 aliphatic rings. The third-order valence-corrected chi connectivity index (χ3v) is 3.25. The Kier molecular flexibility index (Phi) is 4.84. The molecule has 0 spiro atoms. The van der Waals surface area contributed by atoms with Gasteiger partial charge >= 0.3 is 0 Å². The quantitative estimate of drug-likeness (QED) is 0.481. The van der Waals surface area contributed by atoms with Gasteiger partial charge in [0.15, 0.2) is 5.78 Å². The summed E-state index contributed by atoms with van der Waals surface area (Å²) in [4.78, 5) is 11.8. The van der Waals surface area contributed by atoms with Gasteiger partial charge in [-0.05, 0) is 46.9 Å². The molecule has 0 heterocycles. The van der Waals surface area contributed by atoms with Gasteiger partial charge < -0.3 is 5.32 Å². The van der Waals surface area contributed by atoms with Crippen LogP contribution in [0.2, 0.25) is 0 Å². The highest BCUT2D eigenvalue weighted by molar-refractivity contribution is 14.1. The lowest BCUT2D eigenvalue weighted by molar-refractivity contribution is 0.104. The molecule has 0 fully saturated rings. The van der Waals surface area contributed by atoms with Crippen LogP contribution < -0.4 is 5.32 Å². The second kappa shape index (κ2) is 6.60. The maximum Gasteiger partial charge on any atom is 0.187 e. The van der Waals surface area contributed by atoms with Gasteiger partial charge in [0.2, 0.25) is 0 Å². The van der Waals surface area contributed by atoms with Crippen molar-refractivity contribution in [2.24, 2.45) is 0 Å². The third-order valence-electron chi connectivity index (χ3n) is 2.53. The highest BCUT2D eigenvalue weighted by Crippen LogP contribution is 2.15. The van der Waals surface area contributed by atoms with Gasteiger partial charge in [0.25, 0.3) is 0 Å². The van der Waals surface area contributed by atoms with Crippen molar-refractivity contribution in [1.29, 1.82) is 0 Å². The van der Waals surface area contributed by atoms with Crippen molar-refractivity contribution in [2.45, 2.75) is 0 Å². The van der Waals surface area contributed by atoms with Crippen molar-refractivity contribution < 1.29 is 13.6 Å². The number of anilines is 1. The largest absolute Gasteiger partial charge is 0.359 e. The van der Waals surface area contributed by atoms with E-state index in [-0.39, 0.29) is 11.5 Å². The van der Waals surface area contributed by atoms with E-state index in [0.29, 0.717) is 5.56 Å². The van der Waals surface area contributed by atoms with Gasteiger partial charge in [-0.2, -0.15) is 0 Å². The number of halogens is 3. The summed E-state index contributed by atoms with van der Waals surface area (Å²) in [6.07, 6.45) is 2.63. The van der Waals surface area contributed by atoms with Gasteiger partial charge in [0.1, 0.15) is 11.6 Å². The number of ketones is 1. The molecular formula is C15H10F2INO. The average molecular weight is 385 g/mol. The molecule has 0 radical (unpaired) electrons. The molecule has 20 heavy (non-hydrogen) atoms. The van der Waals surface area contributed by atoms with E-state index >= 15 is 0 Å². The molecule has 5 heteroatoms. The maximum atomic E-state index is 13.3. The Morgan fingerprint density at radius 3 is 2.45 bits per heavy atom. The van der Waals surface area contributed by atoms with Gasteiger partial charge in [-0.15, -0.1) is 0 Å². The van der Waals surface area contributed by atoms with Crippen molar-refractivity contribution in [1.82, 2.24) is 0 Å². The van der Waals surface area contributed by atoms with E-state index in [1.165, 1.54) is 18.3 Å². The zero-order chi connectivity index (χ0) is 14.5. The first-order valence-electron chi connectivity index (χ1n) is 5.74. The van der Waals surface area contributed by atoms with Crippen LogP contribution in [0.1, 0.15) is 10.4 Å². The summed E-state index contributed by atoms with van der Waals surface area (Å²) in [7, 11) is 0. The predicted molar refractivity (Wildman–Crippen MR) is 82.6 cm³/mol.